The van der Waals surface area contributed by atoms with Crippen molar-refractivity contribution in [1.82, 2.24) is 29.8 Å². The topological polar surface area (TPSA) is 147 Å². The molecule has 3 amide bonds. The summed E-state index contributed by atoms with van der Waals surface area (Å²) in [6.45, 7) is 10.8. The Morgan fingerprint density at radius 3 is 2.00 bits per heavy atom. The number of nitrogens with one attached hydrogen (secondary N) is 1. The fraction of sp³-hybridized carbons (Fsp3) is 0.500. The highest BCUT2D eigenvalue weighted by Gasteiger charge is 2.57. The minimum atomic E-state index is -1.44. The molecule has 5 unspecified atom stereocenters. The van der Waals surface area contributed by atoms with E-state index in [2.05, 4.69) is 17.1 Å². The van der Waals surface area contributed by atoms with E-state index in [1.165, 1.54) is 24.3 Å². The van der Waals surface area contributed by atoms with Gasteiger partial charge in [0.2, 0.25) is 0 Å². The SMILES string of the molecule is COc1cccc(OC)c1-c1cc(C(=O)NC2(C(=O)O)C(C)CC3CC(C)CC2C3)nn1-c1ccc(C(=O)N(C)CCCN(C)CCCN(C)C(=O)c2ccc(F)cc2)cc1C(C)C. The maximum absolute atomic E-state index is 14.5. The van der Waals surface area contributed by atoms with Crippen LogP contribution in [0.2, 0.25) is 0 Å². The van der Waals surface area contributed by atoms with Gasteiger partial charge in [-0.05, 0) is 154 Å². The molecule has 13 nitrogen and oxygen atoms in total. The molecule has 0 aliphatic heterocycles. The number of carboxylic acid groups (broad SMARTS) is 1. The minimum Gasteiger partial charge on any atom is -0.496 e. The van der Waals surface area contributed by atoms with Crippen molar-refractivity contribution in [3.8, 4) is 28.4 Å². The predicted molar refractivity (Wildman–Crippen MR) is 245 cm³/mol. The van der Waals surface area contributed by atoms with Gasteiger partial charge in [0.25, 0.3) is 17.7 Å². The van der Waals surface area contributed by atoms with Crippen LogP contribution < -0.4 is 14.8 Å². The molecule has 1 heterocycles. The number of carboxylic acids is 1. The highest BCUT2D eigenvalue weighted by atomic mass is 19.1. The van der Waals surface area contributed by atoms with Gasteiger partial charge in [-0.1, -0.05) is 33.8 Å². The van der Waals surface area contributed by atoms with Crippen LogP contribution in [0, 0.1) is 29.5 Å². The Bertz CT molecular complexity index is 2290. The number of fused-ring (bicyclic) bond motifs is 2. The van der Waals surface area contributed by atoms with Crippen LogP contribution in [-0.4, -0.2) is 120 Å². The number of hydrogen-bond donors (Lipinski definition) is 2. The second kappa shape index (κ2) is 20.4. The number of methoxy groups -OCH3 is 2. The zero-order valence-corrected chi connectivity index (χ0v) is 38.8. The standard InChI is InChI=1S/C50H65FN6O7/c1-31(2)39-29-36(48(60)56(7)24-12-22-54(5)21-11-23-55(6)47(59)35-15-18-38(51)19-16-35)17-20-41(39)57-42(45-43(63-8)13-10-14-44(45)64-9)30-40(53-57)46(58)52-50(49(61)62)33(4)27-34-25-32(3)26-37(50)28-34/h10,13-20,29-34,37H,11-12,21-28H2,1-9H3,(H,52,58)(H,61,62). The van der Waals surface area contributed by atoms with E-state index in [-0.39, 0.29) is 41.1 Å². The third-order valence-electron chi connectivity index (χ3n) is 13.4. The summed E-state index contributed by atoms with van der Waals surface area (Å²) in [4.78, 5) is 59.9. The fourth-order valence-corrected chi connectivity index (χ4v) is 10.1. The first kappa shape index (κ1) is 47.7. The lowest BCUT2D eigenvalue weighted by Gasteiger charge is -2.52. The number of rotatable bonds is 18. The Balaban J connectivity index is 1.21. The lowest BCUT2D eigenvalue weighted by Crippen LogP contribution is -2.66. The number of carbonyl (C=O) groups is 4. The number of benzene rings is 3. The van der Waals surface area contributed by atoms with Crippen molar-refractivity contribution >= 4 is 23.7 Å². The van der Waals surface area contributed by atoms with E-state index in [4.69, 9.17) is 14.6 Å². The molecule has 14 heteroatoms. The molecule has 6 rings (SSSR count). The second-order valence-corrected chi connectivity index (χ2v) is 18.4. The van der Waals surface area contributed by atoms with E-state index in [0.717, 1.165) is 57.2 Å². The molecule has 0 saturated heterocycles. The molecule has 2 bridgehead atoms. The Kier molecular flexibility index (Phi) is 15.2. The van der Waals surface area contributed by atoms with Crippen molar-refractivity contribution in [2.45, 2.75) is 77.7 Å². The number of aromatic nitrogens is 2. The Labute approximate surface area is 376 Å². The molecule has 0 spiro atoms. The summed E-state index contributed by atoms with van der Waals surface area (Å²) >= 11 is 0. The number of hydrogen-bond acceptors (Lipinski definition) is 8. The first-order valence-electron chi connectivity index (χ1n) is 22.5. The van der Waals surface area contributed by atoms with Gasteiger partial charge in [-0.25, -0.2) is 13.9 Å². The van der Waals surface area contributed by atoms with E-state index < -0.39 is 17.4 Å². The Hall–Kier alpha value is -5.76. The molecule has 3 aromatic carbocycles. The average Bonchev–Trinajstić information content (AvgIpc) is 3.71. The smallest absolute Gasteiger partial charge is 0.329 e. The molecular weight excluding hydrogens is 816 g/mol. The molecular formula is C50H65FN6O7. The van der Waals surface area contributed by atoms with Gasteiger partial charge in [-0.15, -0.1) is 0 Å². The predicted octanol–water partition coefficient (Wildman–Crippen LogP) is 8.02. The highest BCUT2D eigenvalue weighted by molar-refractivity contribution is 5.98. The number of aliphatic carboxylic acids is 1. The van der Waals surface area contributed by atoms with Gasteiger partial charge in [-0.2, -0.15) is 5.10 Å². The second-order valence-electron chi connectivity index (χ2n) is 18.4. The summed E-state index contributed by atoms with van der Waals surface area (Å²) in [5.74, 6) is -1.02. The van der Waals surface area contributed by atoms with Crippen LogP contribution in [0.25, 0.3) is 16.9 Å². The summed E-state index contributed by atoms with van der Waals surface area (Å²) in [6.07, 6.45) is 4.79. The molecule has 344 valence electrons. The van der Waals surface area contributed by atoms with Crippen LogP contribution >= 0.6 is 0 Å². The lowest BCUT2D eigenvalue weighted by molar-refractivity contribution is -0.155. The van der Waals surface area contributed by atoms with Gasteiger partial charge in [-0.3, -0.25) is 14.4 Å². The summed E-state index contributed by atoms with van der Waals surface area (Å²) < 4.78 is 26.6. The molecule has 5 atom stereocenters. The molecule has 2 aliphatic carbocycles. The van der Waals surface area contributed by atoms with Crippen molar-refractivity contribution in [3.63, 3.8) is 0 Å². The molecule has 2 aliphatic rings. The number of amides is 3. The van der Waals surface area contributed by atoms with Gasteiger partial charge >= 0.3 is 5.97 Å². The van der Waals surface area contributed by atoms with Crippen LogP contribution in [0.3, 0.4) is 0 Å². The summed E-state index contributed by atoms with van der Waals surface area (Å²) in [6, 6.07) is 18.1. The third kappa shape index (κ3) is 10.1. The largest absolute Gasteiger partial charge is 0.496 e. The van der Waals surface area contributed by atoms with Crippen LogP contribution in [0.1, 0.15) is 109 Å². The molecule has 2 fully saturated rings. The number of carbonyl (C=O) groups excluding carboxylic acids is 3. The first-order valence-corrected chi connectivity index (χ1v) is 22.5. The van der Waals surface area contributed by atoms with E-state index in [0.29, 0.717) is 64.5 Å². The zero-order valence-electron chi connectivity index (χ0n) is 38.8. The van der Waals surface area contributed by atoms with Crippen molar-refractivity contribution in [1.29, 1.82) is 0 Å². The Morgan fingerprint density at radius 1 is 0.828 bits per heavy atom. The maximum Gasteiger partial charge on any atom is 0.329 e. The van der Waals surface area contributed by atoms with Gasteiger partial charge in [0.15, 0.2) is 5.69 Å². The van der Waals surface area contributed by atoms with Crippen molar-refractivity contribution in [2.24, 2.45) is 23.7 Å². The summed E-state index contributed by atoms with van der Waals surface area (Å²) in [7, 11) is 8.66. The van der Waals surface area contributed by atoms with Crippen LogP contribution in [0.15, 0.2) is 66.7 Å². The van der Waals surface area contributed by atoms with Gasteiger partial charge in [0, 0.05) is 38.3 Å². The van der Waals surface area contributed by atoms with Crippen molar-refractivity contribution in [2.75, 3.05) is 61.5 Å². The molecule has 2 N–H and O–H groups in total. The van der Waals surface area contributed by atoms with Crippen LogP contribution in [-0.2, 0) is 4.79 Å². The molecule has 0 radical (unpaired) electrons. The zero-order chi connectivity index (χ0) is 46.5. The highest BCUT2D eigenvalue weighted by Crippen LogP contribution is 2.50. The monoisotopic (exact) mass is 880 g/mol. The van der Waals surface area contributed by atoms with Gasteiger partial charge < -0.3 is 34.6 Å². The lowest BCUT2D eigenvalue weighted by atomic mass is 9.56. The van der Waals surface area contributed by atoms with Crippen LogP contribution in [0.4, 0.5) is 4.39 Å². The average molecular weight is 881 g/mol. The van der Waals surface area contributed by atoms with E-state index in [1.54, 1.807) is 67.1 Å². The Morgan fingerprint density at radius 2 is 1.42 bits per heavy atom. The maximum atomic E-state index is 14.5. The normalized spacial score (nSPS) is 20.5. The summed E-state index contributed by atoms with van der Waals surface area (Å²) in [5, 5.41) is 18.8. The quantitative estimate of drug-likeness (QED) is 0.102. The van der Waals surface area contributed by atoms with Crippen molar-refractivity contribution in [3.05, 3.63) is 94.9 Å². The third-order valence-corrected chi connectivity index (χ3v) is 13.4. The van der Waals surface area contributed by atoms with Crippen LogP contribution in [0.5, 0.6) is 11.5 Å². The minimum absolute atomic E-state index is 0.0480. The number of nitrogens with zero attached hydrogens (tertiary/aromatic N) is 5. The van der Waals surface area contributed by atoms with Gasteiger partial charge in [0.1, 0.15) is 22.9 Å². The fourth-order valence-electron chi connectivity index (χ4n) is 10.1. The number of halogens is 1. The van der Waals surface area contributed by atoms with E-state index >= 15 is 0 Å². The molecule has 2 saturated carbocycles. The summed E-state index contributed by atoms with van der Waals surface area (Å²) in [5.41, 5.74) is 2.09. The number of ether oxygens (including phenoxy) is 2. The first-order chi connectivity index (χ1) is 30.5. The molecule has 4 aromatic rings. The van der Waals surface area contributed by atoms with Gasteiger partial charge in [0.05, 0.1) is 31.2 Å². The van der Waals surface area contributed by atoms with Crippen molar-refractivity contribution < 1.29 is 38.1 Å². The van der Waals surface area contributed by atoms with E-state index in [1.807, 2.05) is 46.0 Å². The molecule has 1 aromatic heterocycles. The van der Waals surface area contributed by atoms with E-state index in [9.17, 15) is 28.7 Å². The molecule has 64 heavy (non-hydrogen) atoms.